The summed E-state index contributed by atoms with van der Waals surface area (Å²) < 4.78 is 0. The van der Waals surface area contributed by atoms with Crippen LogP contribution in [0.3, 0.4) is 0 Å². The number of aliphatic hydroxyl groups excluding tert-OH is 1. The van der Waals surface area contributed by atoms with Crippen LogP contribution in [-0.2, 0) is 0 Å². The molecule has 0 aliphatic carbocycles. The SMILES string of the molecule is OCC[NH+]1CCN(c2ncnc3scc(-c4ccc(Cl)cc4)c23)CC1. The van der Waals surface area contributed by atoms with Crippen LogP contribution in [0.1, 0.15) is 0 Å². The Morgan fingerprint density at radius 2 is 1.92 bits per heavy atom. The van der Waals surface area contributed by atoms with Crippen LogP contribution >= 0.6 is 22.9 Å². The summed E-state index contributed by atoms with van der Waals surface area (Å²) in [6.45, 7) is 4.99. The Balaban J connectivity index is 1.70. The molecule has 2 aromatic heterocycles. The van der Waals surface area contributed by atoms with Gasteiger partial charge in [-0.2, -0.15) is 0 Å². The van der Waals surface area contributed by atoms with Gasteiger partial charge in [0, 0.05) is 16.0 Å². The number of thiophene rings is 1. The van der Waals surface area contributed by atoms with Gasteiger partial charge in [0.05, 0.1) is 38.2 Å². The molecule has 3 aromatic rings. The molecular weight excluding hydrogens is 356 g/mol. The lowest BCUT2D eigenvalue weighted by atomic mass is 10.1. The highest BCUT2D eigenvalue weighted by molar-refractivity contribution is 7.17. The molecule has 7 heteroatoms. The van der Waals surface area contributed by atoms with Crippen molar-refractivity contribution in [3.8, 4) is 11.1 Å². The van der Waals surface area contributed by atoms with E-state index in [9.17, 15) is 0 Å². The van der Waals surface area contributed by atoms with Crippen LogP contribution in [0.25, 0.3) is 21.3 Å². The van der Waals surface area contributed by atoms with Crippen LogP contribution < -0.4 is 9.80 Å². The van der Waals surface area contributed by atoms with Crippen LogP contribution in [0.4, 0.5) is 5.82 Å². The van der Waals surface area contributed by atoms with E-state index < -0.39 is 0 Å². The van der Waals surface area contributed by atoms with E-state index in [0.717, 1.165) is 64.9 Å². The second-order valence-corrected chi connectivity index (χ2v) is 7.54. The Morgan fingerprint density at radius 1 is 1.16 bits per heavy atom. The summed E-state index contributed by atoms with van der Waals surface area (Å²) in [7, 11) is 0. The van der Waals surface area contributed by atoms with Gasteiger partial charge in [0.2, 0.25) is 0 Å². The van der Waals surface area contributed by atoms with Crippen molar-refractivity contribution < 1.29 is 10.0 Å². The highest BCUT2D eigenvalue weighted by Crippen LogP contribution is 2.38. The van der Waals surface area contributed by atoms with Gasteiger partial charge in [0.1, 0.15) is 23.5 Å². The molecule has 1 aliphatic rings. The molecular formula is C18H20ClN4OS+. The first-order valence-corrected chi connectivity index (χ1v) is 9.69. The molecule has 0 atom stereocenters. The first kappa shape index (κ1) is 16.7. The van der Waals surface area contributed by atoms with E-state index >= 15 is 0 Å². The van der Waals surface area contributed by atoms with Gasteiger partial charge in [-0.05, 0) is 17.7 Å². The molecule has 5 nitrogen and oxygen atoms in total. The van der Waals surface area contributed by atoms with Crippen molar-refractivity contribution in [3.05, 3.63) is 41.0 Å². The lowest BCUT2D eigenvalue weighted by Gasteiger charge is -2.33. The number of aromatic nitrogens is 2. The molecule has 0 radical (unpaired) electrons. The molecule has 2 N–H and O–H groups in total. The molecule has 0 bridgehead atoms. The Morgan fingerprint density at radius 3 is 2.64 bits per heavy atom. The van der Waals surface area contributed by atoms with Gasteiger partial charge in [0.25, 0.3) is 0 Å². The maximum Gasteiger partial charge on any atom is 0.141 e. The van der Waals surface area contributed by atoms with Crippen LogP contribution in [0.15, 0.2) is 36.0 Å². The molecule has 4 rings (SSSR count). The molecule has 1 aliphatic heterocycles. The number of rotatable bonds is 4. The zero-order chi connectivity index (χ0) is 17.2. The van der Waals surface area contributed by atoms with Gasteiger partial charge in [-0.25, -0.2) is 9.97 Å². The third-order valence-corrected chi connectivity index (χ3v) is 5.88. The summed E-state index contributed by atoms with van der Waals surface area (Å²) in [5.74, 6) is 1.01. The van der Waals surface area contributed by atoms with E-state index in [2.05, 4.69) is 20.2 Å². The largest absolute Gasteiger partial charge is 0.391 e. The number of hydrogen-bond acceptors (Lipinski definition) is 5. The topological polar surface area (TPSA) is 53.7 Å². The number of aliphatic hydroxyl groups is 1. The van der Waals surface area contributed by atoms with Crippen molar-refractivity contribution >= 4 is 39.0 Å². The average Bonchev–Trinajstić information content (AvgIpc) is 3.08. The van der Waals surface area contributed by atoms with Gasteiger partial charge >= 0.3 is 0 Å². The van der Waals surface area contributed by atoms with E-state index in [1.54, 1.807) is 17.7 Å². The second-order valence-electron chi connectivity index (χ2n) is 6.24. The van der Waals surface area contributed by atoms with Gasteiger partial charge in [-0.15, -0.1) is 11.3 Å². The molecule has 1 saturated heterocycles. The number of halogens is 1. The Kier molecular flexibility index (Phi) is 4.85. The normalized spacial score (nSPS) is 15.8. The smallest absolute Gasteiger partial charge is 0.141 e. The zero-order valence-electron chi connectivity index (χ0n) is 13.8. The summed E-state index contributed by atoms with van der Waals surface area (Å²) >= 11 is 7.68. The third-order valence-electron chi connectivity index (χ3n) is 4.74. The predicted octanol–water partition coefficient (Wildman–Crippen LogP) is 1.71. The monoisotopic (exact) mass is 375 g/mol. The standard InChI is InChI=1S/C18H19ClN4OS/c19-14-3-1-13(2-4-14)15-11-25-18-16(15)17(20-12-21-18)23-7-5-22(6-8-23)9-10-24/h1-4,11-12,24H,5-10H2/p+1. The van der Waals surface area contributed by atoms with Crippen molar-refractivity contribution in [2.24, 2.45) is 0 Å². The summed E-state index contributed by atoms with van der Waals surface area (Å²) in [6.07, 6.45) is 1.66. The Hall–Kier alpha value is -1.73. The van der Waals surface area contributed by atoms with Crippen LogP contribution in [0.5, 0.6) is 0 Å². The van der Waals surface area contributed by atoms with Crippen LogP contribution in [0.2, 0.25) is 5.02 Å². The highest BCUT2D eigenvalue weighted by atomic mass is 35.5. The number of anilines is 1. The van der Waals surface area contributed by atoms with Crippen molar-refractivity contribution in [2.45, 2.75) is 0 Å². The summed E-state index contributed by atoms with van der Waals surface area (Å²) in [6, 6.07) is 7.93. The highest BCUT2D eigenvalue weighted by Gasteiger charge is 2.24. The fourth-order valence-corrected chi connectivity index (χ4v) is 4.42. The summed E-state index contributed by atoms with van der Waals surface area (Å²) in [4.78, 5) is 13.9. The number of piperazine rings is 1. The van der Waals surface area contributed by atoms with Crippen molar-refractivity contribution in [3.63, 3.8) is 0 Å². The summed E-state index contributed by atoms with van der Waals surface area (Å²) in [5, 5.41) is 13.2. The Labute approximate surface area is 155 Å². The molecule has 130 valence electrons. The number of benzene rings is 1. The maximum absolute atomic E-state index is 9.13. The number of quaternary nitrogens is 1. The van der Waals surface area contributed by atoms with Gasteiger partial charge < -0.3 is 14.9 Å². The molecule has 0 amide bonds. The third kappa shape index (κ3) is 3.35. The van der Waals surface area contributed by atoms with Crippen molar-refractivity contribution in [1.29, 1.82) is 0 Å². The Bertz CT molecular complexity index is 859. The lowest BCUT2D eigenvalue weighted by Crippen LogP contribution is -3.15. The number of nitrogens with zero attached hydrogens (tertiary/aromatic N) is 3. The van der Waals surface area contributed by atoms with E-state index in [-0.39, 0.29) is 6.61 Å². The molecule has 0 unspecified atom stereocenters. The molecule has 25 heavy (non-hydrogen) atoms. The molecule has 3 heterocycles. The van der Waals surface area contributed by atoms with E-state index in [1.165, 1.54) is 4.90 Å². The van der Waals surface area contributed by atoms with Crippen molar-refractivity contribution in [2.75, 3.05) is 44.2 Å². The quantitative estimate of drug-likeness (QED) is 0.729. The van der Waals surface area contributed by atoms with E-state index in [0.29, 0.717) is 0 Å². The van der Waals surface area contributed by atoms with Gasteiger partial charge in [-0.1, -0.05) is 23.7 Å². The first-order valence-electron chi connectivity index (χ1n) is 8.44. The molecule has 0 saturated carbocycles. The van der Waals surface area contributed by atoms with E-state index in [4.69, 9.17) is 16.7 Å². The predicted molar refractivity (Wildman–Crippen MR) is 103 cm³/mol. The minimum atomic E-state index is 0.248. The van der Waals surface area contributed by atoms with Crippen molar-refractivity contribution in [1.82, 2.24) is 9.97 Å². The average molecular weight is 376 g/mol. The number of nitrogens with one attached hydrogen (secondary N) is 1. The van der Waals surface area contributed by atoms with Crippen LogP contribution in [-0.4, -0.2) is 54.4 Å². The fraction of sp³-hybridized carbons (Fsp3) is 0.333. The number of hydrogen-bond donors (Lipinski definition) is 2. The molecule has 0 spiro atoms. The minimum absolute atomic E-state index is 0.248. The van der Waals surface area contributed by atoms with Gasteiger partial charge in [0.15, 0.2) is 0 Å². The molecule has 1 aromatic carbocycles. The summed E-state index contributed by atoms with van der Waals surface area (Å²) in [5.41, 5.74) is 2.30. The van der Waals surface area contributed by atoms with Crippen LogP contribution in [0, 0.1) is 0 Å². The lowest BCUT2D eigenvalue weighted by molar-refractivity contribution is -0.900. The van der Waals surface area contributed by atoms with E-state index in [1.807, 2.05) is 24.3 Å². The first-order chi connectivity index (χ1) is 12.3. The van der Waals surface area contributed by atoms with Gasteiger partial charge in [-0.3, -0.25) is 0 Å². The minimum Gasteiger partial charge on any atom is -0.391 e. The fourth-order valence-electron chi connectivity index (χ4n) is 3.38. The second kappa shape index (κ2) is 7.25. The molecule has 1 fully saturated rings. The number of fused-ring (bicyclic) bond motifs is 1. The zero-order valence-corrected chi connectivity index (χ0v) is 15.4. The maximum atomic E-state index is 9.13.